The van der Waals surface area contributed by atoms with E-state index in [1.807, 2.05) is 18.4 Å². The molecule has 45 valence electrons. The third-order valence-corrected chi connectivity index (χ3v) is 1.47. The number of aromatic nitrogens is 1. The molecule has 0 spiro atoms. The van der Waals surface area contributed by atoms with Gasteiger partial charge in [-0.1, -0.05) is 5.46 Å². The highest BCUT2D eigenvalue weighted by atomic mass is 32.2. The molecule has 1 nitrogen and oxygen atoms in total. The maximum absolute atomic E-state index is 3.90. The van der Waals surface area contributed by atoms with Crippen molar-refractivity contribution < 1.29 is 0 Å². The van der Waals surface area contributed by atoms with E-state index in [-0.39, 0.29) is 0 Å². The van der Waals surface area contributed by atoms with Gasteiger partial charge in [0.2, 0.25) is 6.56 Å². The normalized spacial score (nSPS) is 9.00. The summed E-state index contributed by atoms with van der Waals surface area (Å²) in [6.07, 6.45) is 5.63. The molecule has 1 radical (unpaired) electrons. The fourth-order valence-corrected chi connectivity index (χ4v) is 1.01. The third-order valence-electron chi connectivity index (χ3n) is 0.960. The fourth-order valence-electron chi connectivity index (χ4n) is 0.578. The Kier molecular flexibility index (Phi) is 2.65. The first-order chi connectivity index (χ1) is 4.43. The quantitative estimate of drug-likeness (QED) is 0.554. The van der Waals surface area contributed by atoms with Crippen molar-refractivity contribution in [2.75, 3.05) is 6.26 Å². The Morgan fingerprint density at radius 1 is 1.44 bits per heavy atom. The lowest BCUT2D eigenvalue weighted by atomic mass is 9.96. The van der Waals surface area contributed by atoms with E-state index in [1.54, 1.807) is 24.0 Å². The summed E-state index contributed by atoms with van der Waals surface area (Å²) < 4.78 is 0. The van der Waals surface area contributed by atoms with Crippen molar-refractivity contribution in [3.05, 3.63) is 24.5 Å². The molecule has 0 aliphatic heterocycles. The van der Waals surface area contributed by atoms with E-state index < -0.39 is 0 Å². The Morgan fingerprint density at radius 3 is 2.67 bits per heavy atom. The van der Waals surface area contributed by atoms with Gasteiger partial charge < -0.3 is 0 Å². The van der Waals surface area contributed by atoms with Gasteiger partial charge in [0.1, 0.15) is 0 Å². The molecular formula is C6H7BNS. The second-order valence-electron chi connectivity index (χ2n) is 1.63. The highest BCUT2D eigenvalue weighted by molar-refractivity contribution is 8.23. The molecule has 0 fully saturated rings. The Balaban J connectivity index is 2.61. The molecule has 1 heterocycles. The molecule has 0 aliphatic rings. The Labute approximate surface area is 60.0 Å². The van der Waals surface area contributed by atoms with Crippen LogP contribution in [0.4, 0.5) is 0 Å². The lowest BCUT2D eigenvalue weighted by Gasteiger charge is -1.91. The number of rotatable bonds is 2. The van der Waals surface area contributed by atoms with Crippen molar-refractivity contribution in [2.45, 2.75) is 0 Å². The predicted molar refractivity (Wildman–Crippen MR) is 43.1 cm³/mol. The number of hydrogen-bond acceptors (Lipinski definition) is 2. The Bertz CT molecular complexity index is 166. The first-order valence-corrected chi connectivity index (χ1v) is 3.98. The highest BCUT2D eigenvalue weighted by Crippen LogP contribution is 1.86. The molecule has 0 aliphatic carbocycles. The Morgan fingerprint density at radius 2 is 2.11 bits per heavy atom. The molecule has 0 atom stereocenters. The van der Waals surface area contributed by atoms with Gasteiger partial charge in [-0.25, -0.2) is 11.6 Å². The van der Waals surface area contributed by atoms with E-state index >= 15 is 0 Å². The SMILES string of the molecule is CS[B]c1ccncc1. The molecular weight excluding hydrogens is 129 g/mol. The van der Waals surface area contributed by atoms with Crippen molar-refractivity contribution in [2.24, 2.45) is 0 Å². The van der Waals surface area contributed by atoms with Crippen molar-refractivity contribution >= 4 is 23.6 Å². The van der Waals surface area contributed by atoms with Crippen LogP contribution in [-0.2, 0) is 0 Å². The molecule has 0 amide bonds. The largest absolute Gasteiger partial charge is 0.265 e. The van der Waals surface area contributed by atoms with Gasteiger partial charge in [0.15, 0.2) is 0 Å². The van der Waals surface area contributed by atoms with E-state index in [2.05, 4.69) is 11.5 Å². The monoisotopic (exact) mass is 136 g/mol. The van der Waals surface area contributed by atoms with E-state index in [0.717, 1.165) is 0 Å². The second kappa shape index (κ2) is 3.56. The summed E-state index contributed by atoms with van der Waals surface area (Å²) in [5, 5.41) is 0. The van der Waals surface area contributed by atoms with Gasteiger partial charge in [0, 0.05) is 12.4 Å². The summed E-state index contributed by atoms with van der Waals surface area (Å²) in [7, 11) is 0. The molecule has 9 heavy (non-hydrogen) atoms. The summed E-state index contributed by atoms with van der Waals surface area (Å²) in [6, 6.07) is 3.97. The van der Waals surface area contributed by atoms with Gasteiger partial charge >= 0.3 is 0 Å². The standard InChI is InChI=1S/C6H7BNS/c1-9-7-6-2-4-8-5-3-6/h2-5H,1H3. The topological polar surface area (TPSA) is 12.9 Å². The molecule has 0 bridgehead atoms. The van der Waals surface area contributed by atoms with Crippen molar-refractivity contribution in [3.8, 4) is 0 Å². The first kappa shape index (κ1) is 6.68. The van der Waals surface area contributed by atoms with E-state index in [0.29, 0.717) is 0 Å². The third kappa shape index (κ3) is 2.10. The molecule has 1 aromatic heterocycles. The zero-order valence-corrected chi connectivity index (χ0v) is 6.06. The van der Waals surface area contributed by atoms with Crippen LogP contribution in [0.2, 0.25) is 0 Å². The minimum absolute atomic E-state index is 1.22. The van der Waals surface area contributed by atoms with Gasteiger partial charge in [0.25, 0.3) is 0 Å². The Hall–Kier alpha value is -0.435. The first-order valence-electron chi connectivity index (χ1n) is 2.69. The van der Waals surface area contributed by atoms with Crippen LogP contribution in [0.15, 0.2) is 24.5 Å². The highest BCUT2D eigenvalue weighted by Gasteiger charge is 1.88. The van der Waals surface area contributed by atoms with E-state index in [1.165, 1.54) is 5.46 Å². The van der Waals surface area contributed by atoms with Crippen molar-refractivity contribution in [1.29, 1.82) is 0 Å². The maximum atomic E-state index is 3.90. The van der Waals surface area contributed by atoms with Gasteiger partial charge in [-0.2, -0.15) is 0 Å². The van der Waals surface area contributed by atoms with Crippen LogP contribution >= 0.6 is 11.6 Å². The molecule has 3 heteroatoms. The van der Waals surface area contributed by atoms with Crippen LogP contribution in [-0.4, -0.2) is 17.8 Å². The van der Waals surface area contributed by atoms with Crippen LogP contribution in [0, 0.1) is 0 Å². The van der Waals surface area contributed by atoms with Gasteiger partial charge in [-0.3, -0.25) is 4.98 Å². The maximum Gasteiger partial charge on any atom is 0.229 e. The van der Waals surface area contributed by atoms with Crippen molar-refractivity contribution in [3.63, 3.8) is 0 Å². The zero-order chi connectivity index (χ0) is 6.53. The van der Waals surface area contributed by atoms with Gasteiger partial charge in [0.05, 0.1) is 0 Å². The molecule has 0 N–H and O–H groups in total. The van der Waals surface area contributed by atoms with Crippen LogP contribution < -0.4 is 5.46 Å². The number of hydrogen-bond donors (Lipinski definition) is 0. The van der Waals surface area contributed by atoms with Crippen LogP contribution in [0.3, 0.4) is 0 Å². The average Bonchev–Trinajstić information content (AvgIpc) is 1.91. The van der Waals surface area contributed by atoms with Crippen LogP contribution in [0.25, 0.3) is 0 Å². The summed E-state index contributed by atoms with van der Waals surface area (Å²) in [4.78, 5) is 3.90. The lowest BCUT2D eigenvalue weighted by Crippen LogP contribution is -2.08. The minimum Gasteiger partial charge on any atom is -0.265 e. The molecule has 1 aromatic rings. The number of pyridine rings is 1. The number of nitrogens with zero attached hydrogens (tertiary/aromatic N) is 1. The average molecular weight is 136 g/mol. The molecule has 0 unspecified atom stereocenters. The van der Waals surface area contributed by atoms with Crippen molar-refractivity contribution in [1.82, 2.24) is 4.98 Å². The summed E-state index contributed by atoms with van der Waals surface area (Å²) >= 11 is 1.70. The molecule has 0 aromatic carbocycles. The molecule has 1 rings (SSSR count). The predicted octanol–water partition coefficient (Wildman–Crippen LogP) is 0.689. The zero-order valence-electron chi connectivity index (χ0n) is 5.24. The smallest absolute Gasteiger partial charge is 0.229 e. The fraction of sp³-hybridized carbons (Fsp3) is 0.167. The lowest BCUT2D eigenvalue weighted by molar-refractivity contribution is 1.34. The minimum atomic E-state index is 1.22. The summed E-state index contributed by atoms with van der Waals surface area (Å²) in [5.74, 6) is 0. The molecule has 0 saturated heterocycles. The van der Waals surface area contributed by atoms with E-state index in [4.69, 9.17) is 0 Å². The van der Waals surface area contributed by atoms with E-state index in [9.17, 15) is 0 Å². The van der Waals surface area contributed by atoms with Gasteiger partial charge in [-0.05, 0) is 18.4 Å². The van der Waals surface area contributed by atoms with Crippen LogP contribution in [0.1, 0.15) is 0 Å². The molecule has 0 saturated carbocycles. The summed E-state index contributed by atoms with van der Waals surface area (Å²) in [5.41, 5.74) is 1.22. The summed E-state index contributed by atoms with van der Waals surface area (Å²) in [6.45, 7) is 2.08. The van der Waals surface area contributed by atoms with Crippen LogP contribution in [0.5, 0.6) is 0 Å². The van der Waals surface area contributed by atoms with Gasteiger partial charge in [-0.15, -0.1) is 0 Å². The second-order valence-corrected chi connectivity index (χ2v) is 2.34.